The molecule has 0 spiro atoms. The summed E-state index contributed by atoms with van der Waals surface area (Å²) < 4.78 is 0. The van der Waals surface area contributed by atoms with Crippen LogP contribution in [0.5, 0.6) is 0 Å². The zero-order chi connectivity index (χ0) is 19.2. The highest BCUT2D eigenvalue weighted by atomic mass is 14.1. The van der Waals surface area contributed by atoms with Crippen molar-refractivity contribution in [2.75, 3.05) is 0 Å². The van der Waals surface area contributed by atoms with Gasteiger partial charge in [-0.25, -0.2) is 0 Å². The van der Waals surface area contributed by atoms with E-state index in [9.17, 15) is 0 Å². The maximum Gasteiger partial charge on any atom is -0.000710 e. The van der Waals surface area contributed by atoms with Crippen molar-refractivity contribution in [1.29, 1.82) is 0 Å². The first-order valence-electron chi connectivity index (χ1n) is 9.79. The molecule has 0 aliphatic heterocycles. The number of benzene rings is 4. The van der Waals surface area contributed by atoms with Gasteiger partial charge in [0.1, 0.15) is 0 Å². The molecule has 0 heterocycles. The average Bonchev–Trinajstić information content (AvgIpc) is 2.79. The van der Waals surface area contributed by atoms with Crippen LogP contribution in [0, 0.1) is 0 Å². The van der Waals surface area contributed by atoms with Crippen LogP contribution >= 0.6 is 0 Å². The first kappa shape index (κ1) is 18.0. The highest BCUT2D eigenvalue weighted by Gasteiger charge is 2.03. The zero-order valence-corrected chi connectivity index (χ0v) is 16.1. The van der Waals surface area contributed by atoms with Crippen molar-refractivity contribution in [3.05, 3.63) is 126 Å². The van der Waals surface area contributed by atoms with Gasteiger partial charge in [0.05, 0.1) is 0 Å². The summed E-state index contributed by atoms with van der Waals surface area (Å²) in [5.74, 6) is 0.374. The molecule has 0 radical (unpaired) electrons. The van der Waals surface area contributed by atoms with E-state index in [1.165, 1.54) is 33.4 Å². The third-order valence-electron chi connectivity index (χ3n) is 5.14. The van der Waals surface area contributed by atoms with Crippen molar-refractivity contribution in [3.63, 3.8) is 0 Å². The van der Waals surface area contributed by atoms with Gasteiger partial charge in [-0.3, -0.25) is 0 Å². The lowest BCUT2D eigenvalue weighted by molar-refractivity contribution is 0.973. The van der Waals surface area contributed by atoms with Gasteiger partial charge in [0, 0.05) is 0 Å². The van der Waals surface area contributed by atoms with E-state index in [0.29, 0.717) is 5.92 Å². The molecule has 0 nitrogen and oxygen atoms in total. The molecule has 136 valence electrons. The van der Waals surface area contributed by atoms with Crippen LogP contribution in [-0.2, 0) is 0 Å². The van der Waals surface area contributed by atoms with Gasteiger partial charge in [0.25, 0.3) is 0 Å². The number of hydrogen-bond donors (Lipinski definition) is 0. The predicted octanol–water partition coefficient (Wildman–Crippen LogP) is 7.84. The Morgan fingerprint density at radius 1 is 0.500 bits per heavy atom. The molecule has 1 unspecified atom stereocenters. The molecule has 1 atom stereocenters. The molecule has 0 saturated heterocycles. The van der Waals surface area contributed by atoms with Gasteiger partial charge < -0.3 is 0 Å². The molecular weight excluding hydrogens is 336 g/mol. The Hall–Kier alpha value is -3.38. The molecular formula is C28H24. The van der Waals surface area contributed by atoms with Crippen molar-refractivity contribution >= 4 is 6.08 Å². The van der Waals surface area contributed by atoms with Crippen LogP contribution in [0.3, 0.4) is 0 Å². The fraction of sp³-hybridized carbons (Fsp3) is 0.0714. The first-order valence-corrected chi connectivity index (χ1v) is 9.79. The van der Waals surface area contributed by atoms with Crippen LogP contribution in [0.15, 0.2) is 115 Å². The summed E-state index contributed by atoms with van der Waals surface area (Å²) in [5, 5.41) is 0. The Bertz CT molecular complexity index is 1020. The second-order valence-corrected chi connectivity index (χ2v) is 7.12. The Kier molecular flexibility index (Phi) is 5.49. The Labute approximate surface area is 167 Å². The Balaban J connectivity index is 1.44. The summed E-state index contributed by atoms with van der Waals surface area (Å²) in [6.45, 7) is 2.24. The van der Waals surface area contributed by atoms with Crippen LogP contribution < -0.4 is 0 Å². The summed E-state index contributed by atoms with van der Waals surface area (Å²) in [6.07, 6.45) is 4.49. The number of rotatable bonds is 5. The standard InChI is InChI=1S/C28H24/c1-22(24-18-20-28(21-19-24)26-10-6-3-7-11-26)12-13-23-14-16-27(17-15-23)25-8-4-2-5-9-25/h2-22H,1H3/b13-12+. The maximum absolute atomic E-state index is 2.27. The van der Waals surface area contributed by atoms with Gasteiger partial charge in [0.15, 0.2) is 0 Å². The molecule has 4 aromatic carbocycles. The van der Waals surface area contributed by atoms with Crippen molar-refractivity contribution in [3.8, 4) is 22.3 Å². The van der Waals surface area contributed by atoms with Gasteiger partial charge in [-0.1, -0.05) is 128 Å². The van der Waals surface area contributed by atoms with Gasteiger partial charge in [-0.05, 0) is 39.3 Å². The smallest absolute Gasteiger partial charge is 0.000710 e. The Morgan fingerprint density at radius 3 is 1.43 bits per heavy atom. The van der Waals surface area contributed by atoms with Crippen LogP contribution in [0.2, 0.25) is 0 Å². The third-order valence-corrected chi connectivity index (χ3v) is 5.14. The lowest BCUT2D eigenvalue weighted by Gasteiger charge is -2.09. The molecule has 0 aliphatic rings. The van der Waals surface area contributed by atoms with Crippen LogP contribution in [0.25, 0.3) is 28.3 Å². The second-order valence-electron chi connectivity index (χ2n) is 7.12. The topological polar surface area (TPSA) is 0 Å². The van der Waals surface area contributed by atoms with Crippen LogP contribution in [0.4, 0.5) is 0 Å². The van der Waals surface area contributed by atoms with E-state index >= 15 is 0 Å². The van der Waals surface area contributed by atoms with Crippen molar-refractivity contribution in [1.82, 2.24) is 0 Å². The van der Waals surface area contributed by atoms with Gasteiger partial charge in [-0.15, -0.1) is 0 Å². The van der Waals surface area contributed by atoms with Crippen molar-refractivity contribution < 1.29 is 0 Å². The molecule has 28 heavy (non-hydrogen) atoms. The van der Waals surface area contributed by atoms with E-state index in [0.717, 1.165) is 0 Å². The molecule has 4 aromatic rings. The van der Waals surface area contributed by atoms with Gasteiger partial charge in [-0.2, -0.15) is 0 Å². The molecule has 0 bridgehead atoms. The summed E-state index contributed by atoms with van der Waals surface area (Å²) in [7, 11) is 0. The van der Waals surface area contributed by atoms with E-state index < -0.39 is 0 Å². The summed E-state index contributed by atoms with van der Waals surface area (Å²) in [4.78, 5) is 0. The molecule has 0 saturated carbocycles. The van der Waals surface area contributed by atoms with E-state index in [1.54, 1.807) is 0 Å². The van der Waals surface area contributed by atoms with Gasteiger partial charge in [0.2, 0.25) is 0 Å². The SMILES string of the molecule is CC(/C=C/c1ccc(-c2ccccc2)cc1)c1ccc(-c2ccccc2)cc1. The predicted molar refractivity (Wildman–Crippen MR) is 121 cm³/mol. The molecule has 0 aromatic heterocycles. The Morgan fingerprint density at radius 2 is 0.929 bits per heavy atom. The zero-order valence-electron chi connectivity index (χ0n) is 16.1. The van der Waals surface area contributed by atoms with E-state index in [-0.39, 0.29) is 0 Å². The van der Waals surface area contributed by atoms with Crippen molar-refractivity contribution in [2.24, 2.45) is 0 Å². The van der Waals surface area contributed by atoms with E-state index in [4.69, 9.17) is 0 Å². The van der Waals surface area contributed by atoms with Crippen molar-refractivity contribution in [2.45, 2.75) is 12.8 Å². The summed E-state index contributed by atoms with van der Waals surface area (Å²) >= 11 is 0. The second kappa shape index (κ2) is 8.54. The minimum Gasteiger partial charge on any atom is -0.0767 e. The average molecular weight is 361 g/mol. The van der Waals surface area contributed by atoms with E-state index in [2.05, 4.69) is 122 Å². The van der Waals surface area contributed by atoms with Crippen LogP contribution in [0.1, 0.15) is 24.0 Å². The normalized spacial score (nSPS) is 12.2. The fourth-order valence-electron chi connectivity index (χ4n) is 3.39. The third kappa shape index (κ3) is 4.29. The minimum atomic E-state index is 0.374. The van der Waals surface area contributed by atoms with Crippen LogP contribution in [-0.4, -0.2) is 0 Å². The highest BCUT2D eigenvalue weighted by Crippen LogP contribution is 2.24. The highest BCUT2D eigenvalue weighted by molar-refractivity contribution is 5.66. The molecule has 0 N–H and O–H groups in total. The number of allylic oxidation sites excluding steroid dienone is 1. The van der Waals surface area contributed by atoms with E-state index in [1.807, 2.05) is 6.07 Å². The summed E-state index contributed by atoms with van der Waals surface area (Å²) in [6, 6.07) is 38.6. The molecule has 0 heteroatoms. The fourth-order valence-corrected chi connectivity index (χ4v) is 3.39. The van der Waals surface area contributed by atoms with Gasteiger partial charge >= 0.3 is 0 Å². The molecule has 4 rings (SSSR count). The minimum absolute atomic E-state index is 0.374. The summed E-state index contributed by atoms with van der Waals surface area (Å²) in [5.41, 5.74) is 7.59. The lowest BCUT2D eigenvalue weighted by atomic mass is 9.96. The monoisotopic (exact) mass is 360 g/mol. The molecule has 0 amide bonds. The number of hydrogen-bond acceptors (Lipinski definition) is 0. The first-order chi connectivity index (χ1) is 13.8. The quantitative estimate of drug-likeness (QED) is 0.340. The largest absolute Gasteiger partial charge is 0.0767 e. The maximum atomic E-state index is 2.27. The lowest BCUT2D eigenvalue weighted by Crippen LogP contribution is -1.89. The molecule has 0 fully saturated rings. The molecule has 0 aliphatic carbocycles.